The first kappa shape index (κ1) is 15.0. The third-order valence-electron chi connectivity index (χ3n) is 3.06. The van der Waals surface area contributed by atoms with Gasteiger partial charge >= 0.3 is 0 Å². The van der Waals surface area contributed by atoms with E-state index in [1.165, 1.54) is 0 Å². The maximum atomic E-state index is 11.8. The number of amides is 3. The molecule has 0 spiro atoms. The van der Waals surface area contributed by atoms with Crippen LogP contribution >= 0.6 is 0 Å². The van der Waals surface area contributed by atoms with Crippen LogP contribution < -0.4 is 16.4 Å². The van der Waals surface area contributed by atoms with Crippen molar-refractivity contribution in [3.63, 3.8) is 0 Å². The van der Waals surface area contributed by atoms with Crippen molar-refractivity contribution in [1.82, 2.24) is 10.2 Å². The monoisotopic (exact) mass is 290 g/mol. The number of hydrogen-bond acceptors (Lipinski definition) is 5. The third kappa shape index (κ3) is 4.88. The van der Waals surface area contributed by atoms with E-state index in [4.69, 9.17) is 5.73 Å². The minimum Gasteiger partial charge on any atom is -0.399 e. The van der Waals surface area contributed by atoms with Gasteiger partial charge in [0, 0.05) is 17.8 Å². The molecule has 0 radical (unpaired) electrons. The van der Waals surface area contributed by atoms with Crippen molar-refractivity contribution in [2.75, 3.05) is 30.7 Å². The molecule has 1 aromatic rings. The van der Waals surface area contributed by atoms with Crippen LogP contribution in [-0.4, -0.2) is 42.3 Å². The maximum Gasteiger partial charge on any atom is 0.240 e. The number of imide groups is 1. The van der Waals surface area contributed by atoms with Crippen LogP contribution in [0.2, 0.25) is 0 Å². The highest BCUT2D eigenvalue weighted by molar-refractivity contribution is 5.99. The number of carbonyl (C=O) groups is 3. The van der Waals surface area contributed by atoms with Gasteiger partial charge in [0.15, 0.2) is 0 Å². The maximum absolute atomic E-state index is 11.8. The fourth-order valence-electron chi connectivity index (χ4n) is 2.16. The topological polar surface area (TPSA) is 105 Å². The number of hydrogen-bond donors (Lipinski definition) is 3. The fraction of sp³-hybridized carbons (Fsp3) is 0.357. The highest BCUT2D eigenvalue weighted by atomic mass is 16.2. The SMILES string of the molecule is Nc1cccc(NC(=O)CCCN2CC(=O)NC(=O)C2)c1. The molecule has 21 heavy (non-hydrogen) atoms. The van der Waals surface area contributed by atoms with E-state index in [0.717, 1.165) is 0 Å². The lowest BCUT2D eigenvalue weighted by atomic mass is 10.2. The van der Waals surface area contributed by atoms with Crippen LogP contribution in [0, 0.1) is 0 Å². The average molecular weight is 290 g/mol. The van der Waals surface area contributed by atoms with Crippen molar-refractivity contribution in [2.24, 2.45) is 0 Å². The second-order valence-electron chi connectivity index (χ2n) is 4.96. The molecule has 0 saturated carbocycles. The summed E-state index contributed by atoms with van der Waals surface area (Å²) in [6.45, 7) is 0.925. The molecule has 7 heteroatoms. The summed E-state index contributed by atoms with van der Waals surface area (Å²) >= 11 is 0. The molecule has 1 heterocycles. The zero-order valence-electron chi connectivity index (χ0n) is 11.6. The van der Waals surface area contributed by atoms with Gasteiger partial charge < -0.3 is 11.1 Å². The van der Waals surface area contributed by atoms with Crippen molar-refractivity contribution in [2.45, 2.75) is 12.8 Å². The number of nitrogens with zero attached hydrogens (tertiary/aromatic N) is 1. The Balaban J connectivity index is 1.72. The number of nitrogens with one attached hydrogen (secondary N) is 2. The summed E-state index contributed by atoms with van der Waals surface area (Å²) in [4.78, 5) is 35.9. The van der Waals surface area contributed by atoms with Crippen LogP contribution in [0.1, 0.15) is 12.8 Å². The first-order chi connectivity index (χ1) is 10.0. The predicted molar refractivity (Wildman–Crippen MR) is 78.3 cm³/mol. The Morgan fingerprint density at radius 3 is 2.67 bits per heavy atom. The van der Waals surface area contributed by atoms with Crippen LogP contribution in [-0.2, 0) is 14.4 Å². The van der Waals surface area contributed by atoms with Crippen molar-refractivity contribution >= 4 is 29.1 Å². The van der Waals surface area contributed by atoms with Gasteiger partial charge in [0.1, 0.15) is 0 Å². The summed E-state index contributed by atoms with van der Waals surface area (Å²) < 4.78 is 0. The van der Waals surface area contributed by atoms with Crippen LogP contribution in [0.3, 0.4) is 0 Å². The number of nitrogens with two attached hydrogens (primary N) is 1. The van der Waals surface area contributed by atoms with Gasteiger partial charge in [-0.05, 0) is 31.2 Å². The van der Waals surface area contributed by atoms with Crippen molar-refractivity contribution in [3.8, 4) is 0 Å². The van der Waals surface area contributed by atoms with Crippen molar-refractivity contribution < 1.29 is 14.4 Å². The Bertz CT molecular complexity index is 543. The summed E-state index contributed by atoms with van der Waals surface area (Å²) in [5, 5.41) is 4.99. The van der Waals surface area contributed by atoms with Gasteiger partial charge in [0.2, 0.25) is 17.7 Å². The number of nitrogen functional groups attached to an aromatic ring is 1. The number of carbonyl (C=O) groups excluding carboxylic acids is 3. The molecule has 112 valence electrons. The Morgan fingerprint density at radius 1 is 1.29 bits per heavy atom. The van der Waals surface area contributed by atoms with Gasteiger partial charge in [0.05, 0.1) is 13.1 Å². The molecule has 1 aliphatic rings. The molecule has 0 atom stereocenters. The zero-order valence-corrected chi connectivity index (χ0v) is 11.6. The smallest absolute Gasteiger partial charge is 0.240 e. The number of rotatable bonds is 5. The molecule has 0 unspecified atom stereocenters. The van der Waals surface area contributed by atoms with E-state index in [1.54, 1.807) is 29.2 Å². The van der Waals surface area contributed by atoms with E-state index in [-0.39, 0.29) is 30.8 Å². The second kappa shape index (κ2) is 6.85. The summed E-state index contributed by atoms with van der Waals surface area (Å²) in [7, 11) is 0. The standard InChI is InChI=1S/C14H18N4O3/c15-10-3-1-4-11(7-10)16-12(19)5-2-6-18-8-13(20)17-14(21)9-18/h1,3-4,7H,2,5-6,8-9,15H2,(H,16,19)(H,17,20,21). The molecule has 4 N–H and O–H groups in total. The molecule has 1 saturated heterocycles. The predicted octanol–water partition coefficient (Wildman–Crippen LogP) is -0.0541. The minimum atomic E-state index is -0.296. The Labute approximate surface area is 122 Å². The number of anilines is 2. The van der Waals surface area contributed by atoms with Gasteiger partial charge in [0.25, 0.3) is 0 Å². The molecule has 1 aliphatic heterocycles. The van der Waals surface area contributed by atoms with E-state index in [9.17, 15) is 14.4 Å². The summed E-state index contributed by atoms with van der Waals surface area (Å²) in [6, 6.07) is 6.96. The van der Waals surface area contributed by atoms with Gasteiger partial charge in [-0.3, -0.25) is 24.6 Å². The molecule has 0 bridgehead atoms. The molecule has 1 fully saturated rings. The Kier molecular flexibility index (Phi) is 4.89. The lowest BCUT2D eigenvalue weighted by Crippen LogP contribution is -2.51. The summed E-state index contributed by atoms with van der Waals surface area (Å²) in [6.07, 6.45) is 0.899. The fourth-order valence-corrected chi connectivity index (χ4v) is 2.16. The van der Waals surface area contributed by atoms with E-state index >= 15 is 0 Å². The van der Waals surface area contributed by atoms with Crippen molar-refractivity contribution in [1.29, 1.82) is 0 Å². The lowest BCUT2D eigenvalue weighted by Gasteiger charge is -2.24. The van der Waals surface area contributed by atoms with E-state index in [1.807, 2.05) is 0 Å². The normalized spacial score (nSPS) is 15.6. The van der Waals surface area contributed by atoms with E-state index in [2.05, 4.69) is 10.6 Å². The average Bonchev–Trinajstić information content (AvgIpc) is 2.37. The van der Waals surface area contributed by atoms with Gasteiger partial charge in [-0.15, -0.1) is 0 Å². The molecular formula is C14H18N4O3. The minimum absolute atomic E-state index is 0.117. The van der Waals surface area contributed by atoms with Crippen LogP contribution in [0.4, 0.5) is 11.4 Å². The Hall–Kier alpha value is -2.41. The highest BCUT2D eigenvalue weighted by Gasteiger charge is 2.21. The zero-order chi connectivity index (χ0) is 15.2. The van der Waals surface area contributed by atoms with E-state index < -0.39 is 0 Å². The molecule has 0 aromatic heterocycles. The molecule has 0 aliphatic carbocycles. The summed E-state index contributed by atoms with van der Waals surface area (Å²) in [5.74, 6) is -0.709. The Morgan fingerprint density at radius 2 is 2.00 bits per heavy atom. The van der Waals surface area contributed by atoms with Gasteiger partial charge in [-0.25, -0.2) is 0 Å². The highest BCUT2D eigenvalue weighted by Crippen LogP contribution is 2.12. The summed E-state index contributed by atoms with van der Waals surface area (Å²) in [5.41, 5.74) is 6.88. The first-order valence-corrected chi connectivity index (χ1v) is 6.73. The third-order valence-corrected chi connectivity index (χ3v) is 3.06. The number of benzene rings is 1. The molecule has 7 nitrogen and oxygen atoms in total. The van der Waals surface area contributed by atoms with Gasteiger partial charge in [-0.1, -0.05) is 6.07 Å². The van der Waals surface area contributed by atoms with Crippen LogP contribution in [0.15, 0.2) is 24.3 Å². The molecule has 1 aromatic carbocycles. The molecular weight excluding hydrogens is 272 g/mol. The lowest BCUT2D eigenvalue weighted by molar-refractivity contribution is -0.136. The largest absolute Gasteiger partial charge is 0.399 e. The second-order valence-corrected chi connectivity index (χ2v) is 4.96. The van der Waals surface area contributed by atoms with E-state index in [0.29, 0.717) is 30.8 Å². The van der Waals surface area contributed by atoms with Crippen LogP contribution in [0.5, 0.6) is 0 Å². The molecule has 2 rings (SSSR count). The quantitative estimate of drug-likeness (QED) is 0.521. The number of piperazine rings is 1. The first-order valence-electron chi connectivity index (χ1n) is 6.73. The van der Waals surface area contributed by atoms with Crippen LogP contribution in [0.25, 0.3) is 0 Å². The van der Waals surface area contributed by atoms with Crippen molar-refractivity contribution in [3.05, 3.63) is 24.3 Å². The van der Waals surface area contributed by atoms with Gasteiger partial charge in [-0.2, -0.15) is 0 Å². The molecule has 3 amide bonds.